The summed E-state index contributed by atoms with van der Waals surface area (Å²) in [5, 5.41) is 13.5. The zero-order valence-corrected chi connectivity index (χ0v) is 22.8. The van der Waals surface area contributed by atoms with E-state index in [9.17, 15) is 19.6 Å². The van der Waals surface area contributed by atoms with Gasteiger partial charge in [0.1, 0.15) is 23.5 Å². The van der Waals surface area contributed by atoms with E-state index in [0.29, 0.717) is 29.5 Å². The minimum atomic E-state index is -0.778. The number of nitrogens with zero attached hydrogens (tertiary/aromatic N) is 3. The normalized spacial score (nSPS) is 17.6. The minimum Gasteiger partial charge on any atom is -0.496 e. The molecule has 2 heterocycles. The number of likely N-dealkylation sites (tertiary alicyclic amines) is 1. The first-order chi connectivity index (χ1) is 18.7. The largest absolute Gasteiger partial charge is 0.496 e. The summed E-state index contributed by atoms with van der Waals surface area (Å²) < 4.78 is 5.42. The molecule has 0 aliphatic carbocycles. The lowest BCUT2D eigenvalue weighted by atomic mass is 10.0. The van der Waals surface area contributed by atoms with Crippen molar-refractivity contribution in [2.45, 2.75) is 45.2 Å². The van der Waals surface area contributed by atoms with Crippen LogP contribution in [-0.4, -0.2) is 65.3 Å². The van der Waals surface area contributed by atoms with E-state index >= 15 is 0 Å². The number of rotatable bonds is 9. The Kier molecular flexibility index (Phi) is 8.55. The van der Waals surface area contributed by atoms with Gasteiger partial charge in [-0.3, -0.25) is 14.4 Å². The fraction of sp³-hybridized carbons (Fsp3) is 0.400. The topological polar surface area (TPSA) is 119 Å². The Bertz CT molecular complexity index is 1380. The number of hydrogen-bond acceptors (Lipinski definition) is 5. The van der Waals surface area contributed by atoms with E-state index in [0.717, 1.165) is 17.3 Å². The number of para-hydroxylation sites is 1. The predicted molar refractivity (Wildman–Crippen MR) is 149 cm³/mol. The molecule has 2 aromatic carbocycles. The van der Waals surface area contributed by atoms with Gasteiger partial charge < -0.3 is 24.8 Å². The van der Waals surface area contributed by atoms with Crippen LogP contribution in [0.5, 0.6) is 5.75 Å². The van der Waals surface area contributed by atoms with Crippen LogP contribution >= 0.6 is 0 Å². The summed E-state index contributed by atoms with van der Waals surface area (Å²) in [6.07, 6.45) is 1.41. The molecule has 39 heavy (non-hydrogen) atoms. The van der Waals surface area contributed by atoms with Crippen molar-refractivity contribution in [3.05, 3.63) is 60.3 Å². The summed E-state index contributed by atoms with van der Waals surface area (Å²) >= 11 is 0. The zero-order chi connectivity index (χ0) is 28.1. The van der Waals surface area contributed by atoms with Crippen molar-refractivity contribution in [1.82, 2.24) is 14.8 Å². The van der Waals surface area contributed by atoms with Crippen LogP contribution in [0.15, 0.2) is 54.6 Å². The Labute approximate surface area is 228 Å². The van der Waals surface area contributed by atoms with Gasteiger partial charge in [-0.2, -0.15) is 5.26 Å². The molecular formula is C30H35N5O4. The predicted octanol–water partition coefficient (Wildman–Crippen LogP) is 4.43. The van der Waals surface area contributed by atoms with Gasteiger partial charge in [-0.25, -0.2) is 0 Å². The summed E-state index contributed by atoms with van der Waals surface area (Å²) in [6, 6.07) is 17.0. The van der Waals surface area contributed by atoms with Gasteiger partial charge in [-0.05, 0) is 55.5 Å². The highest BCUT2D eigenvalue weighted by Crippen LogP contribution is 2.29. The lowest BCUT2D eigenvalue weighted by Gasteiger charge is -2.32. The Morgan fingerprint density at radius 1 is 1.15 bits per heavy atom. The zero-order valence-electron chi connectivity index (χ0n) is 22.8. The number of H-pyrrole nitrogens is 1. The van der Waals surface area contributed by atoms with E-state index in [1.54, 1.807) is 32.4 Å². The van der Waals surface area contributed by atoms with Gasteiger partial charge in [0, 0.05) is 30.2 Å². The lowest BCUT2D eigenvalue weighted by Crippen LogP contribution is -2.51. The molecule has 1 saturated heterocycles. The maximum atomic E-state index is 13.9. The molecule has 0 radical (unpaired) electrons. The van der Waals surface area contributed by atoms with Crippen molar-refractivity contribution in [3.8, 4) is 11.8 Å². The fourth-order valence-electron chi connectivity index (χ4n) is 5.08. The highest BCUT2D eigenvalue weighted by atomic mass is 16.5. The number of carbonyl (C=O) groups excluding carboxylic acids is 3. The summed E-state index contributed by atoms with van der Waals surface area (Å²) in [7, 11) is 3.19. The number of hydrogen-bond donors (Lipinski definition) is 2. The van der Waals surface area contributed by atoms with Crippen LogP contribution in [0.2, 0.25) is 0 Å². The van der Waals surface area contributed by atoms with Crippen LogP contribution in [0.25, 0.3) is 10.9 Å². The number of nitrogens with one attached hydrogen (secondary N) is 2. The number of methoxy groups -OCH3 is 1. The molecule has 3 aromatic rings. The molecule has 3 amide bonds. The number of aromatic nitrogens is 1. The highest BCUT2D eigenvalue weighted by Gasteiger charge is 2.42. The monoisotopic (exact) mass is 529 g/mol. The average molecular weight is 530 g/mol. The van der Waals surface area contributed by atoms with Crippen molar-refractivity contribution in [1.29, 1.82) is 5.26 Å². The quantitative estimate of drug-likeness (QED) is 0.425. The molecule has 3 atom stereocenters. The van der Waals surface area contributed by atoms with Gasteiger partial charge in [0.15, 0.2) is 0 Å². The number of ether oxygens (including phenoxy) is 1. The third-order valence-corrected chi connectivity index (χ3v) is 7.31. The number of aromatic amines is 1. The third kappa shape index (κ3) is 6.06. The first kappa shape index (κ1) is 27.7. The van der Waals surface area contributed by atoms with Crippen molar-refractivity contribution in [3.63, 3.8) is 0 Å². The smallest absolute Gasteiger partial charge is 0.270 e. The average Bonchev–Trinajstić information content (AvgIpc) is 3.57. The number of benzene rings is 2. The SMILES string of the molecule is COc1cccc2[nH]c(C(=O)N(C)C(CCC(C)C)C(=O)N3CC(C(=O)Nc4ccccc4)CC3C#N)cc12. The molecule has 4 rings (SSSR count). The van der Waals surface area contributed by atoms with Crippen LogP contribution in [0.1, 0.15) is 43.6 Å². The van der Waals surface area contributed by atoms with Crippen LogP contribution < -0.4 is 10.1 Å². The van der Waals surface area contributed by atoms with E-state index in [2.05, 4.69) is 30.2 Å². The first-order valence-electron chi connectivity index (χ1n) is 13.2. The summed E-state index contributed by atoms with van der Waals surface area (Å²) in [6.45, 7) is 4.25. The molecule has 9 nitrogen and oxygen atoms in total. The van der Waals surface area contributed by atoms with E-state index < -0.39 is 18.0 Å². The van der Waals surface area contributed by atoms with Crippen LogP contribution in [0, 0.1) is 23.2 Å². The number of fused-ring (bicyclic) bond motifs is 1. The van der Waals surface area contributed by atoms with Gasteiger partial charge in [-0.1, -0.05) is 38.1 Å². The molecule has 2 N–H and O–H groups in total. The number of nitriles is 1. The van der Waals surface area contributed by atoms with Gasteiger partial charge in [0.2, 0.25) is 11.8 Å². The second kappa shape index (κ2) is 12.0. The maximum absolute atomic E-state index is 13.9. The Balaban J connectivity index is 1.55. The van der Waals surface area contributed by atoms with Gasteiger partial charge in [-0.15, -0.1) is 0 Å². The first-order valence-corrected chi connectivity index (χ1v) is 13.2. The molecule has 1 aliphatic heterocycles. The molecule has 1 fully saturated rings. The van der Waals surface area contributed by atoms with E-state index in [-0.39, 0.29) is 30.7 Å². The molecule has 0 saturated carbocycles. The molecule has 204 valence electrons. The molecule has 0 bridgehead atoms. The number of likely N-dealkylation sites (N-methyl/N-ethyl adjacent to an activating group) is 1. The second-order valence-electron chi connectivity index (χ2n) is 10.4. The summed E-state index contributed by atoms with van der Waals surface area (Å²) in [4.78, 5) is 46.5. The van der Waals surface area contributed by atoms with Gasteiger partial charge >= 0.3 is 0 Å². The molecule has 1 aliphatic rings. The Hall–Kier alpha value is -4.32. The Morgan fingerprint density at radius 3 is 2.56 bits per heavy atom. The van der Waals surface area contributed by atoms with Crippen molar-refractivity contribution >= 4 is 34.3 Å². The number of anilines is 1. The van der Waals surface area contributed by atoms with Crippen molar-refractivity contribution < 1.29 is 19.1 Å². The van der Waals surface area contributed by atoms with Gasteiger partial charge in [0.05, 0.1) is 19.1 Å². The number of amides is 3. The maximum Gasteiger partial charge on any atom is 0.270 e. The Morgan fingerprint density at radius 2 is 1.90 bits per heavy atom. The molecular weight excluding hydrogens is 494 g/mol. The summed E-state index contributed by atoms with van der Waals surface area (Å²) in [5.41, 5.74) is 1.76. The van der Waals surface area contributed by atoms with Crippen molar-refractivity contribution in [2.24, 2.45) is 11.8 Å². The fourth-order valence-corrected chi connectivity index (χ4v) is 5.08. The van der Waals surface area contributed by atoms with E-state index in [1.165, 1.54) is 9.80 Å². The molecule has 3 unspecified atom stereocenters. The highest BCUT2D eigenvalue weighted by molar-refractivity contribution is 6.01. The lowest BCUT2D eigenvalue weighted by molar-refractivity contribution is -0.136. The van der Waals surface area contributed by atoms with Crippen LogP contribution in [0.3, 0.4) is 0 Å². The van der Waals surface area contributed by atoms with E-state index in [4.69, 9.17) is 4.74 Å². The summed E-state index contributed by atoms with van der Waals surface area (Å²) in [5.74, 6) is -0.440. The van der Waals surface area contributed by atoms with Crippen LogP contribution in [-0.2, 0) is 9.59 Å². The minimum absolute atomic E-state index is 0.125. The molecule has 9 heteroatoms. The molecule has 0 spiro atoms. The third-order valence-electron chi connectivity index (χ3n) is 7.31. The van der Waals surface area contributed by atoms with E-state index in [1.807, 2.05) is 36.4 Å². The number of carbonyl (C=O) groups is 3. The molecule has 1 aromatic heterocycles. The standard InChI is InChI=1S/C30H35N5O4/c1-19(2)13-14-26(34(3)29(37)25-16-23-24(33-25)11-8-12-27(23)39-4)30(38)35-18-20(15-22(35)17-31)28(36)32-21-9-6-5-7-10-21/h5-12,16,19-20,22,26,33H,13-15,18H2,1-4H3,(H,32,36). The van der Waals surface area contributed by atoms with Gasteiger partial charge in [0.25, 0.3) is 5.91 Å². The van der Waals surface area contributed by atoms with Crippen molar-refractivity contribution in [2.75, 3.05) is 26.0 Å². The van der Waals surface area contributed by atoms with Crippen LogP contribution in [0.4, 0.5) is 5.69 Å². The second-order valence-corrected chi connectivity index (χ2v) is 10.4.